The lowest BCUT2D eigenvalue weighted by Crippen LogP contribution is -2.23. The number of hydrogen-bond acceptors (Lipinski definition) is 2. The van der Waals surface area contributed by atoms with Crippen molar-refractivity contribution in [3.05, 3.63) is 102 Å². The molecule has 3 nitrogen and oxygen atoms in total. The molecular weight excluding hydrogens is 358 g/mol. The fraction of sp³-hybridized carbons (Fsp3) is 0.0435. The number of carbonyl (C=O) groups excluding carboxylic acids is 1. The van der Waals surface area contributed by atoms with Crippen molar-refractivity contribution in [2.24, 2.45) is 0 Å². The Bertz CT molecular complexity index is 1140. The van der Waals surface area contributed by atoms with Gasteiger partial charge in [-0.15, -0.1) is 0 Å². The summed E-state index contributed by atoms with van der Waals surface area (Å²) in [6, 6.07) is 21.2. The normalized spacial score (nSPS) is 10.8. The monoisotopic (exact) mass is 374 g/mol. The topological polar surface area (TPSA) is 42.0 Å². The van der Waals surface area contributed by atoms with E-state index in [1.165, 1.54) is 24.3 Å². The maximum Gasteiger partial charge on any atom is 0.252 e. The zero-order chi connectivity index (χ0) is 19.5. The number of nitrogens with zero attached hydrogens (tertiary/aromatic N) is 1. The molecule has 4 rings (SSSR count). The van der Waals surface area contributed by atoms with E-state index in [0.29, 0.717) is 22.2 Å². The van der Waals surface area contributed by atoms with E-state index in [1.54, 1.807) is 24.3 Å². The fourth-order valence-corrected chi connectivity index (χ4v) is 3.02. The third-order valence-corrected chi connectivity index (χ3v) is 4.45. The van der Waals surface area contributed by atoms with Gasteiger partial charge in [-0.1, -0.05) is 42.5 Å². The molecular formula is C23H16F2N2O. The van der Waals surface area contributed by atoms with Crippen LogP contribution >= 0.6 is 0 Å². The van der Waals surface area contributed by atoms with E-state index >= 15 is 0 Å². The van der Waals surface area contributed by atoms with Crippen LogP contribution in [-0.2, 0) is 6.54 Å². The molecule has 0 saturated heterocycles. The summed E-state index contributed by atoms with van der Waals surface area (Å²) >= 11 is 0. The van der Waals surface area contributed by atoms with Gasteiger partial charge in [0.2, 0.25) is 0 Å². The molecule has 28 heavy (non-hydrogen) atoms. The molecule has 1 amide bonds. The number of amides is 1. The molecule has 0 saturated carbocycles. The molecule has 138 valence electrons. The van der Waals surface area contributed by atoms with Crippen LogP contribution in [0.4, 0.5) is 8.78 Å². The van der Waals surface area contributed by atoms with Crippen molar-refractivity contribution in [3.63, 3.8) is 0 Å². The van der Waals surface area contributed by atoms with Gasteiger partial charge in [-0.25, -0.2) is 13.8 Å². The highest BCUT2D eigenvalue weighted by Gasteiger charge is 2.15. The Morgan fingerprint density at radius 2 is 1.57 bits per heavy atom. The van der Waals surface area contributed by atoms with Gasteiger partial charge >= 0.3 is 0 Å². The maximum absolute atomic E-state index is 13.8. The van der Waals surface area contributed by atoms with Crippen LogP contribution in [0.1, 0.15) is 15.9 Å². The molecule has 0 aliphatic heterocycles. The second-order valence-electron chi connectivity index (χ2n) is 6.39. The molecule has 4 aromatic rings. The van der Waals surface area contributed by atoms with Gasteiger partial charge in [-0.05, 0) is 42.0 Å². The largest absolute Gasteiger partial charge is 0.348 e. The quantitative estimate of drug-likeness (QED) is 0.539. The van der Waals surface area contributed by atoms with E-state index < -0.39 is 5.82 Å². The van der Waals surface area contributed by atoms with Gasteiger partial charge in [0.25, 0.3) is 5.91 Å². The van der Waals surface area contributed by atoms with Gasteiger partial charge in [0.1, 0.15) is 11.6 Å². The van der Waals surface area contributed by atoms with Crippen molar-refractivity contribution < 1.29 is 13.6 Å². The Morgan fingerprint density at radius 1 is 0.857 bits per heavy atom. The van der Waals surface area contributed by atoms with E-state index in [0.717, 1.165) is 11.1 Å². The molecule has 0 radical (unpaired) electrons. The zero-order valence-electron chi connectivity index (χ0n) is 14.8. The molecule has 1 heterocycles. The molecule has 0 aliphatic carbocycles. The molecule has 0 unspecified atom stereocenters. The number of rotatable bonds is 4. The van der Waals surface area contributed by atoms with E-state index in [9.17, 15) is 13.6 Å². The highest BCUT2D eigenvalue weighted by Crippen LogP contribution is 2.25. The molecule has 1 aromatic heterocycles. The summed E-state index contributed by atoms with van der Waals surface area (Å²) in [5.74, 6) is -1.12. The summed E-state index contributed by atoms with van der Waals surface area (Å²) in [4.78, 5) is 17.4. The minimum atomic E-state index is -0.436. The molecule has 0 aliphatic rings. The summed E-state index contributed by atoms with van der Waals surface area (Å²) in [6.07, 6.45) is 0. The Hall–Kier alpha value is -3.60. The van der Waals surface area contributed by atoms with Crippen LogP contribution in [0.25, 0.3) is 22.2 Å². The first-order valence-electron chi connectivity index (χ1n) is 8.78. The highest BCUT2D eigenvalue weighted by molar-refractivity contribution is 6.07. The van der Waals surface area contributed by atoms with Gasteiger partial charge in [0.15, 0.2) is 0 Å². The van der Waals surface area contributed by atoms with Gasteiger partial charge in [0.05, 0.1) is 16.8 Å². The second kappa shape index (κ2) is 7.56. The number of benzene rings is 3. The van der Waals surface area contributed by atoms with Crippen LogP contribution in [0.2, 0.25) is 0 Å². The van der Waals surface area contributed by atoms with Crippen LogP contribution in [0.15, 0.2) is 78.9 Å². The number of halogens is 2. The standard InChI is InChI=1S/C23H16F2N2O/c24-17-8-6-15(7-9-17)14-26-23(28)20-13-22(16-4-2-1-3-5-16)27-21-11-10-18(25)12-19(20)21/h1-13H,14H2,(H,26,28). The third kappa shape index (κ3) is 3.74. The molecule has 0 spiro atoms. The second-order valence-corrected chi connectivity index (χ2v) is 6.39. The van der Waals surface area contributed by atoms with Crippen LogP contribution in [0, 0.1) is 11.6 Å². The average Bonchev–Trinajstić information content (AvgIpc) is 2.73. The fourth-order valence-electron chi connectivity index (χ4n) is 3.02. The van der Waals surface area contributed by atoms with Gasteiger partial charge in [-0.2, -0.15) is 0 Å². The first-order chi connectivity index (χ1) is 13.6. The number of nitrogens with one attached hydrogen (secondary N) is 1. The van der Waals surface area contributed by atoms with Crippen molar-refractivity contribution in [2.75, 3.05) is 0 Å². The van der Waals surface area contributed by atoms with Crippen molar-refractivity contribution >= 4 is 16.8 Å². The number of aromatic nitrogens is 1. The van der Waals surface area contributed by atoms with Crippen LogP contribution in [0.3, 0.4) is 0 Å². The average molecular weight is 374 g/mol. The maximum atomic E-state index is 13.8. The molecule has 5 heteroatoms. The molecule has 1 N–H and O–H groups in total. The van der Waals surface area contributed by atoms with E-state index in [4.69, 9.17) is 0 Å². The Morgan fingerprint density at radius 3 is 2.32 bits per heavy atom. The molecule has 3 aromatic carbocycles. The summed E-state index contributed by atoms with van der Waals surface area (Å²) in [7, 11) is 0. The van der Waals surface area contributed by atoms with Crippen molar-refractivity contribution in [2.45, 2.75) is 6.54 Å². The summed E-state index contributed by atoms with van der Waals surface area (Å²) in [5, 5.41) is 3.25. The molecule has 0 bridgehead atoms. The minimum absolute atomic E-state index is 0.235. The van der Waals surface area contributed by atoms with Crippen molar-refractivity contribution in [1.29, 1.82) is 0 Å². The third-order valence-electron chi connectivity index (χ3n) is 4.45. The van der Waals surface area contributed by atoms with Crippen molar-refractivity contribution in [3.8, 4) is 11.3 Å². The lowest BCUT2D eigenvalue weighted by Gasteiger charge is -2.11. The summed E-state index contributed by atoms with van der Waals surface area (Å²) in [5.41, 5.74) is 3.13. The van der Waals surface area contributed by atoms with Gasteiger partial charge < -0.3 is 5.32 Å². The van der Waals surface area contributed by atoms with Crippen molar-refractivity contribution in [1.82, 2.24) is 10.3 Å². The predicted octanol–water partition coefficient (Wildman–Crippen LogP) is 5.11. The zero-order valence-corrected chi connectivity index (χ0v) is 14.8. The minimum Gasteiger partial charge on any atom is -0.348 e. The Balaban J connectivity index is 1.72. The van der Waals surface area contributed by atoms with Gasteiger partial charge in [0, 0.05) is 17.5 Å². The van der Waals surface area contributed by atoms with E-state index in [-0.39, 0.29) is 18.3 Å². The van der Waals surface area contributed by atoms with E-state index in [2.05, 4.69) is 10.3 Å². The Labute approximate surface area is 160 Å². The first kappa shape index (κ1) is 17.8. The van der Waals surface area contributed by atoms with Gasteiger partial charge in [-0.3, -0.25) is 4.79 Å². The lowest BCUT2D eigenvalue weighted by molar-refractivity contribution is 0.0952. The SMILES string of the molecule is O=C(NCc1ccc(F)cc1)c1cc(-c2ccccc2)nc2ccc(F)cc12. The number of fused-ring (bicyclic) bond motifs is 1. The summed E-state index contributed by atoms with van der Waals surface area (Å²) in [6.45, 7) is 0.235. The van der Waals surface area contributed by atoms with Crippen LogP contribution in [0.5, 0.6) is 0 Å². The predicted molar refractivity (Wildman–Crippen MR) is 105 cm³/mol. The number of hydrogen-bond donors (Lipinski definition) is 1. The van der Waals surface area contributed by atoms with E-state index in [1.807, 2.05) is 30.3 Å². The van der Waals surface area contributed by atoms with Crippen LogP contribution in [-0.4, -0.2) is 10.9 Å². The number of carbonyl (C=O) groups is 1. The summed E-state index contributed by atoms with van der Waals surface area (Å²) < 4.78 is 26.8. The Kier molecular flexibility index (Phi) is 4.81. The highest BCUT2D eigenvalue weighted by atomic mass is 19.1. The smallest absolute Gasteiger partial charge is 0.252 e. The number of pyridine rings is 1. The lowest BCUT2D eigenvalue weighted by atomic mass is 10.0. The molecule has 0 atom stereocenters. The first-order valence-corrected chi connectivity index (χ1v) is 8.78. The molecule has 0 fully saturated rings. The van der Waals surface area contributed by atoms with Crippen LogP contribution < -0.4 is 5.32 Å².